The van der Waals surface area contributed by atoms with Gasteiger partial charge in [-0.25, -0.2) is 0 Å². The van der Waals surface area contributed by atoms with Crippen LogP contribution in [0.3, 0.4) is 0 Å². The second-order valence-corrected chi connectivity index (χ2v) is 5.60. The highest BCUT2D eigenvalue weighted by Crippen LogP contribution is 2.15. The molecule has 2 rings (SSSR count). The number of carboxylic acids is 2. The van der Waals surface area contributed by atoms with Gasteiger partial charge in [-0.15, -0.1) is 0 Å². The molecule has 0 saturated carbocycles. The topological polar surface area (TPSA) is 217 Å². The first-order chi connectivity index (χ1) is 13.2. The molecule has 0 fully saturated rings. The monoisotopic (exact) mass is 392 g/mol. The summed E-state index contributed by atoms with van der Waals surface area (Å²) in [6.45, 7) is 0.142. The summed E-state index contributed by atoms with van der Waals surface area (Å²) in [4.78, 5) is 23.1. The van der Waals surface area contributed by atoms with E-state index in [9.17, 15) is 9.59 Å². The molecule has 1 unspecified atom stereocenters. The quantitative estimate of drug-likeness (QED) is 0.151. The number of nitrogen functional groups attached to an aromatic ring is 1. The summed E-state index contributed by atoms with van der Waals surface area (Å²) < 4.78 is 0. The average molecular weight is 392 g/mol. The molecule has 10 heteroatoms. The molecule has 0 aliphatic rings. The van der Waals surface area contributed by atoms with Crippen molar-refractivity contribution in [1.82, 2.24) is 0 Å². The van der Waals surface area contributed by atoms with Gasteiger partial charge in [0.1, 0.15) is 6.04 Å². The minimum atomic E-state index is -1.00. The van der Waals surface area contributed by atoms with Crippen LogP contribution in [-0.2, 0) is 9.59 Å². The molecule has 154 valence electrons. The second kappa shape index (κ2) is 13.8. The number of carboxylic acid groups (broad SMARTS) is 2. The van der Waals surface area contributed by atoms with Crippen LogP contribution in [-0.4, -0.2) is 47.2 Å². The third kappa shape index (κ3) is 12.1. The third-order valence-corrected chi connectivity index (χ3v) is 3.23. The van der Waals surface area contributed by atoms with E-state index in [2.05, 4.69) is 22.9 Å². The number of nitrogens with two attached hydrogens (primary N) is 5. The Kier molecular flexibility index (Phi) is 12.1. The summed E-state index contributed by atoms with van der Waals surface area (Å²) in [6, 6.07) is 13.3. The molecule has 0 heterocycles. The van der Waals surface area contributed by atoms with Gasteiger partial charge in [-0.2, -0.15) is 0 Å². The zero-order valence-electron chi connectivity index (χ0n) is 15.5. The Morgan fingerprint density at radius 3 is 2.11 bits per heavy atom. The standard InChI is InChI=1S/C10H9N.C6H14N4O2.C2H5NO2/c11-10-6-5-8-3-1-2-4-9(8)7-10;7-4(5(11)12)2-1-3-10-6(8)9;3-1-2(4)5/h1-7H,11H2;4H,1-3,7H2,(H,11,12)(H4,8,9,10);1,3H2,(H,4,5). The van der Waals surface area contributed by atoms with E-state index in [0.29, 0.717) is 19.4 Å². The number of hydrogen-bond donors (Lipinski definition) is 7. The van der Waals surface area contributed by atoms with Gasteiger partial charge >= 0.3 is 11.9 Å². The van der Waals surface area contributed by atoms with E-state index in [1.807, 2.05) is 30.3 Å². The van der Waals surface area contributed by atoms with Crippen LogP contribution in [0.15, 0.2) is 47.5 Å². The molecule has 0 saturated heterocycles. The fraction of sp³-hybridized carbons (Fsp3) is 0.278. The third-order valence-electron chi connectivity index (χ3n) is 3.23. The predicted molar refractivity (Wildman–Crippen MR) is 111 cm³/mol. The van der Waals surface area contributed by atoms with Crippen molar-refractivity contribution in [2.24, 2.45) is 27.9 Å². The van der Waals surface area contributed by atoms with Crippen molar-refractivity contribution in [3.05, 3.63) is 42.5 Å². The SMILES string of the molecule is NC(N)=NCCCC(N)C(=O)O.NCC(=O)O.Nc1ccc2ccccc2c1. The number of benzene rings is 2. The lowest BCUT2D eigenvalue weighted by molar-refractivity contribution is -0.138. The van der Waals surface area contributed by atoms with Crippen molar-refractivity contribution in [1.29, 1.82) is 0 Å². The summed E-state index contributed by atoms with van der Waals surface area (Å²) in [6.07, 6.45) is 0.956. The average Bonchev–Trinajstić information content (AvgIpc) is 2.65. The van der Waals surface area contributed by atoms with E-state index in [4.69, 9.17) is 33.1 Å². The number of guanidine groups is 1. The number of rotatable bonds is 6. The number of nitrogens with zero attached hydrogens (tertiary/aromatic N) is 1. The molecule has 2 aromatic carbocycles. The first kappa shape index (κ1) is 24.6. The summed E-state index contributed by atoms with van der Waals surface area (Å²) in [5.74, 6) is -1.96. The van der Waals surface area contributed by atoms with Crippen molar-refractivity contribution < 1.29 is 19.8 Å². The maximum Gasteiger partial charge on any atom is 0.320 e. The second-order valence-electron chi connectivity index (χ2n) is 5.60. The van der Waals surface area contributed by atoms with Crippen LogP contribution in [0.1, 0.15) is 12.8 Å². The highest BCUT2D eigenvalue weighted by Gasteiger charge is 2.09. The smallest absolute Gasteiger partial charge is 0.320 e. The van der Waals surface area contributed by atoms with Crippen LogP contribution in [0, 0.1) is 0 Å². The van der Waals surface area contributed by atoms with Crippen molar-refractivity contribution in [3.63, 3.8) is 0 Å². The van der Waals surface area contributed by atoms with E-state index in [1.165, 1.54) is 10.8 Å². The molecular weight excluding hydrogens is 364 g/mol. The fourth-order valence-electron chi connectivity index (χ4n) is 1.85. The summed E-state index contributed by atoms with van der Waals surface area (Å²) in [7, 11) is 0. The first-order valence-electron chi connectivity index (χ1n) is 8.37. The number of carbonyl (C=O) groups is 2. The highest BCUT2D eigenvalue weighted by molar-refractivity contribution is 5.85. The normalized spacial score (nSPS) is 10.5. The molecule has 0 amide bonds. The minimum Gasteiger partial charge on any atom is -0.480 e. The number of aliphatic carboxylic acids is 2. The summed E-state index contributed by atoms with van der Waals surface area (Å²) >= 11 is 0. The van der Waals surface area contributed by atoms with E-state index in [-0.39, 0.29) is 12.5 Å². The van der Waals surface area contributed by atoms with E-state index in [0.717, 1.165) is 5.69 Å². The highest BCUT2D eigenvalue weighted by atomic mass is 16.4. The summed E-state index contributed by atoms with van der Waals surface area (Å²) in [5, 5.41) is 18.4. The molecule has 10 nitrogen and oxygen atoms in total. The van der Waals surface area contributed by atoms with Gasteiger partial charge in [0.15, 0.2) is 5.96 Å². The maximum atomic E-state index is 10.2. The van der Waals surface area contributed by atoms with Gasteiger partial charge in [0.05, 0.1) is 6.54 Å². The summed E-state index contributed by atoms with van der Waals surface area (Å²) in [5.41, 5.74) is 26.3. The van der Waals surface area contributed by atoms with Crippen LogP contribution in [0.2, 0.25) is 0 Å². The van der Waals surface area contributed by atoms with E-state index < -0.39 is 18.0 Å². The molecular formula is C18H28N6O4. The Balaban J connectivity index is 0.000000423. The number of anilines is 1. The van der Waals surface area contributed by atoms with Crippen molar-refractivity contribution in [3.8, 4) is 0 Å². The molecule has 0 aliphatic heterocycles. The largest absolute Gasteiger partial charge is 0.480 e. The lowest BCUT2D eigenvalue weighted by Crippen LogP contribution is -2.30. The van der Waals surface area contributed by atoms with Gasteiger partial charge in [0, 0.05) is 12.2 Å². The van der Waals surface area contributed by atoms with Gasteiger partial charge in [-0.1, -0.05) is 30.3 Å². The molecule has 12 N–H and O–H groups in total. The van der Waals surface area contributed by atoms with Gasteiger partial charge in [0.2, 0.25) is 0 Å². The Hall–Kier alpha value is -3.37. The molecule has 0 spiro atoms. The van der Waals surface area contributed by atoms with Crippen LogP contribution in [0.5, 0.6) is 0 Å². The predicted octanol–water partition coefficient (Wildman–Crippen LogP) is -0.0964. The van der Waals surface area contributed by atoms with E-state index >= 15 is 0 Å². The first-order valence-corrected chi connectivity index (χ1v) is 8.37. The fourth-order valence-corrected chi connectivity index (χ4v) is 1.85. The van der Waals surface area contributed by atoms with Crippen molar-refractivity contribution >= 4 is 34.4 Å². The molecule has 0 aliphatic carbocycles. The zero-order chi connectivity index (χ0) is 21.5. The van der Waals surface area contributed by atoms with Crippen LogP contribution >= 0.6 is 0 Å². The van der Waals surface area contributed by atoms with Gasteiger partial charge in [0.25, 0.3) is 0 Å². The number of fused-ring (bicyclic) bond motifs is 1. The van der Waals surface area contributed by atoms with Crippen LogP contribution in [0.4, 0.5) is 5.69 Å². The maximum absolute atomic E-state index is 10.2. The Labute approximate surface area is 163 Å². The van der Waals surface area contributed by atoms with Gasteiger partial charge in [-0.3, -0.25) is 14.6 Å². The molecule has 0 bridgehead atoms. The number of hydrogen-bond acceptors (Lipinski definition) is 6. The zero-order valence-corrected chi connectivity index (χ0v) is 15.5. The van der Waals surface area contributed by atoms with Crippen LogP contribution in [0.25, 0.3) is 10.8 Å². The van der Waals surface area contributed by atoms with Crippen molar-refractivity contribution in [2.45, 2.75) is 18.9 Å². The van der Waals surface area contributed by atoms with Gasteiger partial charge < -0.3 is 38.9 Å². The molecule has 0 aromatic heterocycles. The van der Waals surface area contributed by atoms with Gasteiger partial charge in [-0.05, 0) is 35.7 Å². The molecule has 0 radical (unpaired) electrons. The lowest BCUT2D eigenvalue weighted by atomic mass is 10.1. The van der Waals surface area contributed by atoms with E-state index in [1.54, 1.807) is 0 Å². The Morgan fingerprint density at radius 2 is 1.61 bits per heavy atom. The minimum absolute atomic E-state index is 0.0129. The van der Waals surface area contributed by atoms with Crippen molar-refractivity contribution in [2.75, 3.05) is 18.8 Å². The van der Waals surface area contributed by atoms with Crippen LogP contribution < -0.4 is 28.7 Å². The number of aliphatic imine (C=N–C) groups is 1. The Morgan fingerprint density at radius 1 is 1.04 bits per heavy atom. The molecule has 2 aromatic rings. The molecule has 1 atom stereocenters. The molecule has 28 heavy (non-hydrogen) atoms. The Bertz CT molecular complexity index is 778. The lowest BCUT2D eigenvalue weighted by Gasteiger charge is -2.03.